The van der Waals surface area contributed by atoms with Crippen LogP contribution in [0.5, 0.6) is 5.75 Å². The predicted molar refractivity (Wildman–Crippen MR) is 177 cm³/mol. The van der Waals surface area contributed by atoms with Crippen molar-refractivity contribution in [2.24, 2.45) is 0 Å². The smallest absolute Gasteiger partial charge is 0.406 e. The Kier molecular flexibility index (Phi) is 16.3. The van der Waals surface area contributed by atoms with E-state index in [1.165, 1.54) is 23.8 Å². The van der Waals surface area contributed by atoms with Crippen molar-refractivity contribution in [3.05, 3.63) is 88.6 Å². The SMILES string of the molecule is CNc1ccc(CCCCc2nnc(NC)s2)cn1.CS(=O)(=O)Nc1cccc(CC=O)c1.O=CCc1cccc(OC(F)(F)F)c1. The Morgan fingerprint density at radius 1 is 0.851 bits per heavy atom. The lowest BCUT2D eigenvalue weighted by Gasteiger charge is -2.08. The molecule has 0 bridgehead atoms. The lowest BCUT2D eigenvalue weighted by molar-refractivity contribution is -0.274. The molecule has 2 aromatic heterocycles. The first-order valence-electron chi connectivity index (χ1n) is 14.3. The minimum atomic E-state index is -4.69. The van der Waals surface area contributed by atoms with E-state index in [1.54, 1.807) is 41.7 Å². The number of benzene rings is 2. The highest BCUT2D eigenvalue weighted by Gasteiger charge is 2.31. The summed E-state index contributed by atoms with van der Waals surface area (Å²) >= 11 is 1.63. The molecule has 16 heteroatoms. The number of carbonyl (C=O) groups is 2. The van der Waals surface area contributed by atoms with E-state index in [0.717, 1.165) is 59.7 Å². The average Bonchev–Trinajstić information content (AvgIpc) is 3.47. The van der Waals surface area contributed by atoms with Gasteiger partial charge in [0.15, 0.2) is 0 Å². The fourth-order valence-corrected chi connectivity index (χ4v) is 5.11. The summed E-state index contributed by atoms with van der Waals surface area (Å²) in [6.45, 7) is 0. The van der Waals surface area contributed by atoms with Gasteiger partial charge in [0, 0.05) is 45.2 Å². The zero-order valence-corrected chi connectivity index (χ0v) is 27.7. The molecule has 0 fully saturated rings. The first-order chi connectivity index (χ1) is 22.3. The number of unbranched alkanes of at least 4 members (excludes halogenated alkanes) is 1. The molecule has 0 aliphatic heterocycles. The number of aldehydes is 2. The summed E-state index contributed by atoms with van der Waals surface area (Å²) < 4.78 is 63.1. The van der Waals surface area contributed by atoms with Gasteiger partial charge in [-0.05, 0) is 66.3 Å². The normalized spacial score (nSPS) is 10.8. The second-order valence-corrected chi connectivity index (χ2v) is 12.6. The number of anilines is 3. The van der Waals surface area contributed by atoms with Crippen molar-refractivity contribution in [3.8, 4) is 5.75 Å². The van der Waals surface area contributed by atoms with Gasteiger partial charge in [0.25, 0.3) is 0 Å². The standard InChI is InChI=1S/C13H19N5S.C9H7F3O2.C9H11NO3S/c1-14-11-8-7-10(9-16-11)5-3-4-6-12-17-18-13(15-2)19-12;10-9(11,12)14-8-3-1-2-7(6-8)4-5-13;1-14(12,13)10-9-4-2-3-8(7-9)5-6-11/h7-9H,3-6H2,1-2H3,(H,14,16)(H,15,18);1-3,5-6H,4H2;2-4,6-7,10H,5H2,1H3. The minimum Gasteiger partial charge on any atom is -0.406 e. The first kappa shape index (κ1) is 38.6. The number of aromatic nitrogens is 3. The molecule has 4 rings (SSSR count). The molecule has 0 saturated heterocycles. The van der Waals surface area contributed by atoms with Gasteiger partial charge in [-0.2, -0.15) is 0 Å². The molecule has 0 spiro atoms. The van der Waals surface area contributed by atoms with Crippen LogP contribution in [0.25, 0.3) is 0 Å². The minimum absolute atomic E-state index is 0.0784. The summed E-state index contributed by atoms with van der Waals surface area (Å²) in [6, 6.07) is 16.2. The van der Waals surface area contributed by atoms with E-state index in [1.807, 2.05) is 26.4 Å². The van der Waals surface area contributed by atoms with Crippen LogP contribution in [0, 0.1) is 0 Å². The third-order valence-corrected chi connectivity index (χ3v) is 7.48. The number of nitrogens with one attached hydrogen (secondary N) is 3. The second kappa shape index (κ2) is 19.8. The van der Waals surface area contributed by atoms with Crippen molar-refractivity contribution in [2.75, 3.05) is 35.7 Å². The second-order valence-electron chi connectivity index (χ2n) is 9.77. The van der Waals surface area contributed by atoms with Gasteiger partial charge in [-0.1, -0.05) is 41.7 Å². The molecule has 0 amide bonds. The molecule has 11 nitrogen and oxygen atoms in total. The van der Waals surface area contributed by atoms with Gasteiger partial charge in [0.05, 0.1) is 6.26 Å². The van der Waals surface area contributed by atoms with Crippen molar-refractivity contribution in [1.29, 1.82) is 0 Å². The van der Waals surface area contributed by atoms with Gasteiger partial charge < -0.3 is 25.0 Å². The van der Waals surface area contributed by atoms with Crippen LogP contribution in [0.2, 0.25) is 0 Å². The number of hydrogen-bond acceptors (Lipinski definition) is 11. The Bertz CT molecular complexity index is 1640. The lowest BCUT2D eigenvalue weighted by atomic mass is 10.1. The summed E-state index contributed by atoms with van der Waals surface area (Å²) in [4.78, 5) is 24.6. The molecule has 254 valence electrons. The number of hydrogen-bond donors (Lipinski definition) is 3. The molecular weight excluding hydrogens is 658 g/mol. The van der Waals surface area contributed by atoms with E-state index < -0.39 is 16.4 Å². The quantitative estimate of drug-likeness (QED) is 0.111. The van der Waals surface area contributed by atoms with Crippen molar-refractivity contribution in [3.63, 3.8) is 0 Å². The highest BCUT2D eigenvalue weighted by molar-refractivity contribution is 7.92. The van der Waals surface area contributed by atoms with Gasteiger partial charge in [-0.25, -0.2) is 13.4 Å². The Hall–Kier alpha value is -4.57. The molecule has 47 heavy (non-hydrogen) atoms. The third-order valence-electron chi connectivity index (χ3n) is 5.87. The van der Waals surface area contributed by atoms with Crippen LogP contribution in [0.4, 0.5) is 29.8 Å². The van der Waals surface area contributed by atoms with Crippen LogP contribution in [0.1, 0.15) is 34.5 Å². The third kappa shape index (κ3) is 17.1. The van der Waals surface area contributed by atoms with Gasteiger partial charge >= 0.3 is 6.36 Å². The van der Waals surface area contributed by atoms with Crippen molar-refractivity contribution < 1.29 is 35.9 Å². The number of aryl methyl sites for hydroxylation is 2. The van der Waals surface area contributed by atoms with E-state index in [9.17, 15) is 31.2 Å². The summed E-state index contributed by atoms with van der Waals surface area (Å²) in [5, 5.41) is 16.2. The molecule has 2 aromatic carbocycles. The highest BCUT2D eigenvalue weighted by atomic mass is 32.2. The monoisotopic (exact) mass is 694 g/mol. The number of pyridine rings is 1. The van der Waals surface area contributed by atoms with E-state index in [4.69, 9.17) is 0 Å². The summed E-state index contributed by atoms with van der Waals surface area (Å²) in [7, 11) is 0.498. The topological polar surface area (TPSA) is 152 Å². The van der Waals surface area contributed by atoms with Crippen molar-refractivity contribution >= 4 is 50.6 Å². The molecule has 2 heterocycles. The average molecular weight is 695 g/mol. The summed E-state index contributed by atoms with van der Waals surface area (Å²) in [5.74, 6) is 0.606. The van der Waals surface area contributed by atoms with Crippen molar-refractivity contribution in [1.82, 2.24) is 15.2 Å². The Morgan fingerprint density at radius 3 is 2.06 bits per heavy atom. The fourth-order valence-electron chi connectivity index (χ4n) is 3.82. The van der Waals surface area contributed by atoms with Crippen LogP contribution >= 0.6 is 11.3 Å². The molecule has 0 unspecified atom stereocenters. The molecule has 0 aliphatic carbocycles. The Labute approximate surface area is 276 Å². The zero-order valence-electron chi connectivity index (χ0n) is 26.1. The molecule has 0 aliphatic rings. The van der Waals surface area contributed by atoms with Gasteiger partial charge in [-0.15, -0.1) is 23.4 Å². The Balaban J connectivity index is 0.000000250. The number of alkyl halides is 3. The van der Waals surface area contributed by atoms with Crippen LogP contribution in [0.3, 0.4) is 0 Å². The zero-order chi connectivity index (χ0) is 34.7. The largest absolute Gasteiger partial charge is 0.573 e. The number of rotatable bonds is 14. The maximum absolute atomic E-state index is 11.8. The molecule has 0 saturated carbocycles. The number of nitrogens with zero attached hydrogens (tertiary/aromatic N) is 3. The van der Waals surface area contributed by atoms with E-state index in [2.05, 4.69) is 41.3 Å². The van der Waals surface area contributed by atoms with Gasteiger partial charge in [0.2, 0.25) is 15.2 Å². The summed E-state index contributed by atoms with van der Waals surface area (Å²) in [6.07, 6.45) is 4.44. The maximum Gasteiger partial charge on any atom is 0.573 e. The van der Waals surface area contributed by atoms with E-state index in [-0.39, 0.29) is 12.2 Å². The van der Waals surface area contributed by atoms with Crippen LogP contribution in [-0.2, 0) is 45.3 Å². The van der Waals surface area contributed by atoms with Gasteiger partial charge in [0.1, 0.15) is 29.1 Å². The molecule has 0 atom stereocenters. The number of halogens is 3. The Morgan fingerprint density at radius 2 is 1.51 bits per heavy atom. The number of carbonyl (C=O) groups excluding carboxylic acids is 2. The van der Waals surface area contributed by atoms with Crippen LogP contribution < -0.4 is 20.1 Å². The molecule has 0 radical (unpaired) electrons. The lowest BCUT2D eigenvalue weighted by Crippen LogP contribution is -2.17. The van der Waals surface area contributed by atoms with E-state index in [0.29, 0.717) is 24.0 Å². The highest BCUT2D eigenvalue weighted by Crippen LogP contribution is 2.23. The number of ether oxygens (including phenoxy) is 1. The van der Waals surface area contributed by atoms with Crippen LogP contribution in [-0.4, -0.2) is 62.9 Å². The summed E-state index contributed by atoms with van der Waals surface area (Å²) in [5.41, 5.74) is 3.04. The maximum atomic E-state index is 11.8. The van der Waals surface area contributed by atoms with Crippen LogP contribution in [0.15, 0.2) is 66.9 Å². The molecular formula is C31H37F3N6O5S2. The fraction of sp³-hybridized carbons (Fsp3) is 0.323. The molecule has 3 N–H and O–H groups in total. The predicted octanol–water partition coefficient (Wildman–Crippen LogP) is 5.71. The van der Waals surface area contributed by atoms with E-state index >= 15 is 0 Å². The first-order valence-corrected chi connectivity index (χ1v) is 17.0. The molecule has 4 aromatic rings. The number of sulfonamides is 1. The van der Waals surface area contributed by atoms with Crippen molar-refractivity contribution in [2.45, 2.75) is 44.9 Å². The van der Waals surface area contributed by atoms with Gasteiger partial charge in [-0.3, -0.25) is 4.72 Å².